The lowest BCUT2D eigenvalue weighted by molar-refractivity contribution is 0.340. The Morgan fingerprint density at radius 2 is 1.90 bits per heavy atom. The first-order valence-electron chi connectivity index (χ1n) is 9.21. The molecule has 0 fully saturated rings. The zero-order valence-electron chi connectivity index (χ0n) is 15.8. The molecule has 0 radical (unpaired) electrons. The lowest BCUT2D eigenvalue weighted by Crippen LogP contribution is -2.00. The molecule has 7 heteroatoms. The number of hydrogen-bond acceptors (Lipinski definition) is 5. The minimum Gasteiger partial charge on any atom is -0.494 e. The van der Waals surface area contributed by atoms with E-state index in [-0.39, 0.29) is 0 Å². The van der Waals surface area contributed by atoms with Gasteiger partial charge in [0.05, 0.1) is 6.61 Å². The Morgan fingerprint density at radius 1 is 1.03 bits per heavy atom. The molecule has 0 amide bonds. The number of thioether (sulfide) groups is 1. The largest absolute Gasteiger partial charge is 0.494 e. The van der Waals surface area contributed by atoms with Gasteiger partial charge in [-0.05, 0) is 61.0 Å². The van der Waals surface area contributed by atoms with Gasteiger partial charge in [-0.2, -0.15) is 0 Å². The van der Waals surface area contributed by atoms with Gasteiger partial charge in [0.15, 0.2) is 11.0 Å². The maximum absolute atomic E-state index is 5.58. The van der Waals surface area contributed by atoms with Gasteiger partial charge in [-0.1, -0.05) is 39.8 Å². The summed E-state index contributed by atoms with van der Waals surface area (Å²) in [5.74, 6) is 2.40. The summed E-state index contributed by atoms with van der Waals surface area (Å²) in [4.78, 5) is 4.23. The van der Waals surface area contributed by atoms with Crippen LogP contribution in [0.2, 0.25) is 0 Å². The van der Waals surface area contributed by atoms with Crippen molar-refractivity contribution in [3.05, 3.63) is 83.1 Å². The van der Waals surface area contributed by atoms with Crippen molar-refractivity contribution in [2.75, 3.05) is 6.61 Å². The van der Waals surface area contributed by atoms with Gasteiger partial charge in [0, 0.05) is 33.9 Å². The van der Waals surface area contributed by atoms with E-state index in [2.05, 4.69) is 47.8 Å². The molecular formula is C22H19BrN4OS. The van der Waals surface area contributed by atoms with Crippen LogP contribution in [0.25, 0.3) is 17.1 Å². The van der Waals surface area contributed by atoms with Crippen LogP contribution in [0.4, 0.5) is 0 Å². The Balaban J connectivity index is 1.70. The lowest BCUT2D eigenvalue weighted by atomic mass is 10.2. The van der Waals surface area contributed by atoms with E-state index < -0.39 is 0 Å². The molecule has 0 spiro atoms. The maximum atomic E-state index is 5.58. The number of halogens is 1. The first-order valence-corrected chi connectivity index (χ1v) is 11.0. The van der Waals surface area contributed by atoms with Crippen LogP contribution in [-0.2, 0) is 5.75 Å². The van der Waals surface area contributed by atoms with Gasteiger partial charge < -0.3 is 4.74 Å². The molecular weight excluding hydrogens is 448 g/mol. The summed E-state index contributed by atoms with van der Waals surface area (Å²) in [7, 11) is 0. The smallest absolute Gasteiger partial charge is 0.196 e. The highest BCUT2D eigenvalue weighted by Crippen LogP contribution is 2.30. The first-order chi connectivity index (χ1) is 14.2. The average Bonchev–Trinajstić information content (AvgIpc) is 3.18. The van der Waals surface area contributed by atoms with E-state index in [0.29, 0.717) is 6.61 Å². The number of rotatable bonds is 7. The molecule has 4 aromatic rings. The number of pyridine rings is 1. The normalized spacial score (nSPS) is 10.8. The van der Waals surface area contributed by atoms with E-state index in [1.165, 1.54) is 5.56 Å². The summed E-state index contributed by atoms with van der Waals surface area (Å²) in [5.41, 5.74) is 3.12. The van der Waals surface area contributed by atoms with Gasteiger partial charge in [0.1, 0.15) is 5.75 Å². The molecule has 2 aromatic heterocycles. The maximum Gasteiger partial charge on any atom is 0.196 e. The topological polar surface area (TPSA) is 52.8 Å². The summed E-state index contributed by atoms with van der Waals surface area (Å²) >= 11 is 5.18. The Bertz CT molecular complexity index is 1080. The van der Waals surface area contributed by atoms with Crippen LogP contribution in [-0.4, -0.2) is 26.4 Å². The van der Waals surface area contributed by atoms with Crippen LogP contribution in [0.5, 0.6) is 5.75 Å². The third-order valence-electron chi connectivity index (χ3n) is 4.22. The Morgan fingerprint density at radius 3 is 2.62 bits per heavy atom. The molecule has 0 atom stereocenters. The van der Waals surface area contributed by atoms with Crippen molar-refractivity contribution in [1.29, 1.82) is 0 Å². The zero-order chi connectivity index (χ0) is 20.1. The van der Waals surface area contributed by atoms with Crippen LogP contribution < -0.4 is 4.74 Å². The molecule has 0 saturated carbocycles. The molecule has 0 unspecified atom stereocenters. The number of nitrogens with zero attached hydrogens (tertiary/aromatic N) is 4. The van der Waals surface area contributed by atoms with E-state index in [1.807, 2.05) is 55.5 Å². The predicted molar refractivity (Wildman–Crippen MR) is 119 cm³/mol. The highest BCUT2D eigenvalue weighted by molar-refractivity contribution is 9.10. The number of hydrogen-bond donors (Lipinski definition) is 0. The van der Waals surface area contributed by atoms with Crippen LogP contribution in [0, 0.1) is 0 Å². The van der Waals surface area contributed by atoms with Gasteiger partial charge in [-0.25, -0.2) is 0 Å². The van der Waals surface area contributed by atoms with Crippen molar-refractivity contribution < 1.29 is 4.74 Å². The summed E-state index contributed by atoms with van der Waals surface area (Å²) in [6.45, 7) is 2.62. The molecule has 29 heavy (non-hydrogen) atoms. The first kappa shape index (κ1) is 19.7. The fraction of sp³-hybridized carbons (Fsp3) is 0.136. The predicted octanol–water partition coefficient (Wildman–Crippen LogP) is 5.78. The fourth-order valence-electron chi connectivity index (χ4n) is 2.91. The van der Waals surface area contributed by atoms with Crippen LogP contribution in [0.15, 0.2) is 82.7 Å². The molecule has 2 aromatic carbocycles. The van der Waals surface area contributed by atoms with Gasteiger partial charge in [-0.15, -0.1) is 10.2 Å². The van der Waals surface area contributed by atoms with Crippen molar-refractivity contribution in [3.63, 3.8) is 0 Å². The summed E-state index contributed by atoms with van der Waals surface area (Å²) < 4.78 is 8.71. The van der Waals surface area contributed by atoms with Crippen molar-refractivity contribution in [2.45, 2.75) is 17.8 Å². The second kappa shape index (κ2) is 9.24. The van der Waals surface area contributed by atoms with Gasteiger partial charge in [0.2, 0.25) is 0 Å². The minimum atomic E-state index is 0.640. The number of benzene rings is 2. The minimum absolute atomic E-state index is 0.640. The van der Waals surface area contributed by atoms with Crippen LogP contribution >= 0.6 is 27.7 Å². The summed E-state index contributed by atoms with van der Waals surface area (Å²) in [6, 6.07) is 20.2. The molecule has 4 rings (SSSR count). The second-order valence-electron chi connectivity index (χ2n) is 6.23. The van der Waals surface area contributed by atoms with Crippen LogP contribution in [0.1, 0.15) is 12.5 Å². The number of aromatic nitrogens is 4. The molecule has 0 aliphatic carbocycles. The molecule has 146 valence electrons. The Kier molecular flexibility index (Phi) is 6.27. The van der Waals surface area contributed by atoms with Crippen LogP contribution in [0.3, 0.4) is 0 Å². The monoisotopic (exact) mass is 466 g/mol. The van der Waals surface area contributed by atoms with E-state index in [9.17, 15) is 0 Å². The fourth-order valence-corrected chi connectivity index (χ4v) is 4.25. The van der Waals surface area contributed by atoms with Crippen molar-refractivity contribution >= 4 is 27.7 Å². The Labute approximate surface area is 182 Å². The molecule has 0 saturated heterocycles. The number of ether oxygens (including phenoxy) is 1. The third kappa shape index (κ3) is 4.68. The van der Waals surface area contributed by atoms with E-state index >= 15 is 0 Å². The highest BCUT2D eigenvalue weighted by atomic mass is 79.9. The van der Waals surface area contributed by atoms with Gasteiger partial charge in [-0.3, -0.25) is 9.55 Å². The molecule has 0 aliphatic heterocycles. The highest BCUT2D eigenvalue weighted by Gasteiger charge is 2.16. The molecule has 0 N–H and O–H groups in total. The molecule has 5 nitrogen and oxygen atoms in total. The lowest BCUT2D eigenvalue weighted by Gasteiger charge is -2.11. The quantitative estimate of drug-likeness (QED) is 0.323. The van der Waals surface area contributed by atoms with E-state index in [0.717, 1.165) is 38.2 Å². The van der Waals surface area contributed by atoms with Crippen molar-refractivity contribution in [3.8, 4) is 22.8 Å². The standard InChI is InChI=1S/C22H19BrN4OS/c1-2-28-20-10-8-19(9-11-20)27-21(17-6-4-12-24-14-17)25-26-22(27)29-15-16-5-3-7-18(23)13-16/h3-14H,2,15H2,1H3. The molecule has 0 aliphatic rings. The van der Waals surface area contributed by atoms with Gasteiger partial charge in [0.25, 0.3) is 0 Å². The van der Waals surface area contributed by atoms with E-state index in [1.54, 1.807) is 24.2 Å². The SMILES string of the molecule is CCOc1ccc(-n2c(SCc3cccc(Br)c3)nnc2-c2cccnc2)cc1. The van der Waals surface area contributed by atoms with Gasteiger partial charge >= 0.3 is 0 Å². The van der Waals surface area contributed by atoms with Crippen molar-refractivity contribution in [1.82, 2.24) is 19.7 Å². The second-order valence-corrected chi connectivity index (χ2v) is 8.09. The average molecular weight is 467 g/mol. The summed E-state index contributed by atoms with van der Waals surface area (Å²) in [5, 5.41) is 9.76. The zero-order valence-corrected chi connectivity index (χ0v) is 18.2. The molecule has 0 bridgehead atoms. The van der Waals surface area contributed by atoms with E-state index in [4.69, 9.17) is 4.74 Å². The third-order valence-corrected chi connectivity index (χ3v) is 5.71. The van der Waals surface area contributed by atoms with Crippen molar-refractivity contribution in [2.24, 2.45) is 0 Å². The molecule has 2 heterocycles. The Hall–Kier alpha value is -2.64. The summed E-state index contributed by atoms with van der Waals surface area (Å²) in [6.07, 6.45) is 3.56.